The molecule has 0 aliphatic carbocycles. The predicted molar refractivity (Wildman–Crippen MR) is 66.1 cm³/mol. The molecular formula is C11H15N3O7. The summed E-state index contributed by atoms with van der Waals surface area (Å²) < 4.78 is 0. The van der Waals surface area contributed by atoms with Crippen LogP contribution in [0.15, 0.2) is 0 Å². The Morgan fingerprint density at radius 1 is 1.33 bits per heavy atom. The highest BCUT2D eigenvalue weighted by Gasteiger charge is 2.44. The smallest absolute Gasteiger partial charge is 0.326 e. The van der Waals surface area contributed by atoms with Crippen molar-refractivity contribution in [1.29, 1.82) is 0 Å². The lowest BCUT2D eigenvalue weighted by Crippen LogP contribution is -2.67. The van der Waals surface area contributed by atoms with E-state index in [0.29, 0.717) is 0 Å². The minimum Gasteiger partial charge on any atom is -0.481 e. The van der Waals surface area contributed by atoms with Crippen LogP contribution in [-0.4, -0.2) is 63.0 Å². The first-order valence-electron chi connectivity index (χ1n) is 5.92. The Morgan fingerprint density at radius 3 is 2.38 bits per heavy atom. The highest BCUT2D eigenvalue weighted by atomic mass is 16.4. The Labute approximate surface area is 119 Å². The van der Waals surface area contributed by atoms with Crippen molar-refractivity contribution >= 4 is 29.8 Å². The van der Waals surface area contributed by atoms with E-state index in [9.17, 15) is 24.0 Å². The van der Waals surface area contributed by atoms with Crippen molar-refractivity contribution in [3.05, 3.63) is 0 Å². The molecule has 1 rings (SSSR count). The second-order valence-electron chi connectivity index (χ2n) is 4.96. The number of hydrogen-bond acceptors (Lipinski definition) is 5. The number of rotatable bonds is 4. The maximum atomic E-state index is 12.0. The molecular weight excluding hydrogens is 286 g/mol. The van der Waals surface area contributed by atoms with Crippen LogP contribution in [0.4, 0.5) is 4.79 Å². The summed E-state index contributed by atoms with van der Waals surface area (Å²) in [6.45, 7) is 2.31. The van der Waals surface area contributed by atoms with E-state index >= 15 is 0 Å². The number of urea groups is 1. The molecule has 116 valence electrons. The van der Waals surface area contributed by atoms with Crippen LogP contribution >= 0.6 is 0 Å². The molecule has 10 nitrogen and oxygen atoms in total. The number of imide groups is 1. The van der Waals surface area contributed by atoms with Gasteiger partial charge >= 0.3 is 18.0 Å². The molecule has 10 heteroatoms. The molecule has 1 heterocycles. The molecule has 4 amide bonds. The molecule has 1 fully saturated rings. The molecule has 1 aliphatic rings. The fraction of sp³-hybridized carbons (Fsp3) is 0.545. The van der Waals surface area contributed by atoms with E-state index in [2.05, 4.69) is 5.32 Å². The highest BCUT2D eigenvalue weighted by molar-refractivity contribution is 6.06. The Hall–Kier alpha value is -2.65. The van der Waals surface area contributed by atoms with Gasteiger partial charge in [0.15, 0.2) is 0 Å². The maximum absolute atomic E-state index is 12.0. The number of carbonyl (C=O) groups is 5. The number of aliphatic carboxylic acids is 2. The van der Waals surface area contributed by atoms with Gasteiger partial charge in [0.25, 0.3) is 5.91 Å². The summed E-state index contributed by atoms with van der Waals surface area (Å²) in [7, 11) is 0. The number of amides is 4. The van der Waals surface area contributed by atoms with Gasteiger partial charge < -0.3 is 20.4 Å². The number of hydrogen-bond donors (Lipinski definition) is 4. The van der Waals surface area contributed by atoms with Gasteiger partial charge in [0.2, 0.25) is 5.91 Å². The van der Waals surface area contributed by atoms with Crippen molar-refractivity contribution < 1.29 is 34.2 Å². The summed E-state index contributed by atoms with van der Waals surface area (Å²) in [4.78, 5) is 57.3. The predicted octanol–water partition coefficient (Wildman–Crippen LogP) is -1.64. The van der Waals surface area contributed by atoms with Gasteiger partial charge in [-0.3, -0.25) is 19.7 Å². The summed E-state index contributed by atoms with van der Waals surface area (Å²) in [5.74, 6) is -4.36. The van der Waals surface area contributed by atoms with E-state index in [1.807, 2.05) is 5.32 Å². The minimum absolute atomic E-state index is 0.440. The van der Waals surface area contributed by atoms with Crippen LogP contribution in [0.3, 0.4) is 0 Å². The lowest BCUT2D eigenvalue weighted by atomic mass is 9.99. The quantitative estimate of drug-likeness (QED) is 0.454. The number of piperazine rings is 1. The Morgan fingerprint density at radius 2 is 1.90 bits per heavy atom. The van der Waals surface area contributed by atoms with Crippen LogP contribution in [0.1, 0.15) is 20.3 Å². The molecule has 0 radical (unpaired) electrons. The molecule has 0 spiro atoms. The van der Waals surface area contributed by atoms with Crippen molar-refractivity contribution in [2.24, 2.45) is 0 Å². The number of carbonyl (C=O) groups excluding carboxylic acids is 3. The van der Waals surface area contributed by atoms with Crippen LogP contribution in [0.5, 0.6) is 0 Å². The van der Waals surface area contributed by atoms with Crippen LogP contribution in [-0.2, 0) is 19.2 Å². The summed E-state index contributed by atoms with van der Waals surface area (Å²) in [5, 5.41) is 21.5. The highest BCUT2D eigenvalue weighted by Crippen LogP contribution is 2.18. The Kier molecular flexibility index (Phi) is 4.51. The fourth-order valence-corrected chi connectivity index (χ4v) is 1.71. The molecule has 1 saturated heterocycles. The monoisotopic (exact) mass is 301 g/mol. The fourth-order valence-electron chi connectivity index (χ4n) is 1.71. The third kappa shape index (κ3) is 3.68. The average molecular weight is 301 g/mol. The van der Waals surface area contributed by atoms with Crippen LogP contribution in [0.2, 0.25) is 0 Å². The molecule has 0 unspecified atom stereocenters. The van der Waals surface area contributed by atoms with Gasteiger partial charge in [-0.2, -0.15) is 0 Å². The van der Waals surface area contributed by atoms with Gasteiger partial charge in [-0.1, -0.05) is 0 Å². The number of carboxylic acid groups (broad SMARTS) is 2. The molecule has 21 heavy (non-hydrogen) atoms. The Bertz CT molecular complexity index is 514. The van der Waals surface area contributed by atoms with Gasteiger partial charge in [-0.15, -0.1) is 0 Å². The normalized spacial score (nSPS) is 18.7. The molecule has 0 aromatic carbocycles. The van der Waals surface area contributed by atoms with E-state index in [1.54, 1.807) is 0 Å². The SMILES string of the molecule is CC1(C)C(=O)NC(=O)CN1C(=O)N[C@@H](CC(=O)O)C(=O)O. The van der Waals surface area contributed by atoms with Gasteiger partial charge in [-0.05, 0) is 13.8 Å². The zero-order chi connectivity index (χ0) is 16.4. The maximum Gasteiger partial charge on any atom is 0.326 e. The second-order valence-corrected chi connectivity index (χ2v) is 4.96. The summed E-state index contributed by atoms with van der Waals surface area (Å²) in [6, 6.07) is -2.66. The minimum atomic E-state index is -1.66. The number of nitrogens with one attached hydrogen (secondary N) is 2. The van der Waals surface area contributed by atoms with Crippen molar-refractivity contribution in [1.82, 2.24) is 15.5 Å². The van der Waals surface area contributed by atoms with Gasteiger partial charge in [0.05, 0.1) is 6.42 Å². The molecule has 0 aromatic heterocycles. The third-order valence-corrected chi connectivity index (χ3v) is 3.00. The zero-order valence-electron chi connectivity index (χ0n) is 11.4. The van der Waals surface area contributed by atoms with Crippen LogP contribution in [0, 0.1) is 0 Å². The van der Waals surface area contributed by atoms with Crippen molar-refractivity contribution in [2.45, 2.75) is 31.8 Å². The topological polar surface area (TPSA) is 153 Å². The van der Waals surface area contributed by atoms with Crippen LogP contribution in [0.25, 0.3) is 0 Å². The van der Waals surface area contributed by atoms with Crippen molar-refractivity contribution in [3.63, 3.8) is 0 Å². The lowest BCUT2D eigenvalue weighted by Gasteiger charge is -2.40. The molecule has 0 aromatic rings. The zero-order valence-corrected chi connectivity index (χ0v) is 11.4. The van der Waals surface area contributed by atoms with E-state index in [1.165, 1.54) is 13.8 Å². The van der Waals surface area contributed by atoms with Crippen molar-refractivity contribution in [3.8, 4) is 0 Å². The third-order valence-electron chi connectivity index (χ3n) is 3.00. The number of nitrogens with zero attached hydrogens (tertiary/aromatic N) is 1. The number of carboxylic acids is 2. The van der Waals surface area contributed by atoms with Gasteiger partial charge in [-0.25, -0.2) is 9.59 Å². The molecule has 1 aliphatic heterocycles. The van der Waals surface area contributed by atoms with E-state index in [0.717, 1.165) is 4.90 Å². The standard InChI is InChI=1S/C11H15N3O7/c1-11(2)9(20)13-6(15)4-14(11)10(21)12-5(8(18)19)3-7(16)17/h5H,3-4H2,1-2H3,(H,12,21)(H,16,17)(H,18,19)(H,13,15,20)/t5-/m0/s1. The second kappa shape index (κ2) is 5.77. The Balaban J connectivity index is 2.90. The molecule has 1 atom stereocenters. The summed E-state index contributed by atoms with van der Waals surface area (Å²) in [6.07, 6.45) is -0.824. The molecule has 0 bridgehead atoms. The van der Waals surface area contributed by atoms with Crippen molar-refractivity contribution in [2.75, 3.05) is 6.54 Å². The summed E-state index contributed by atoms with van der Waals surface area (Å²) in [5.41, 5.74) is -1.37. The largest absolute Gasteiger partial charge is 0.481 e. The molecule has 0 saturated carbocycles. The van der Waals surface area contributed by atoms with Gasteiger partial charge in [0, 0.05) is 0 Å². The summed E-state index contributed by atoms with van der Waals surface area (Å²) >= 11 is 0. The van der Waals surface area contributed by atoms with E-state index in [-0.39, 0.29) is 0 Å². The first kappa shape index (κ1) is 16.4. The first-order valence-corrected chi connectivity index (χ1v) is 5.92. The molecule has 4 N–H and O–H groups in total. The first-order chi connectivity index (χ1) is 9.55. The van der Waals surface area contributed by atoms with E-state index < -0.39 is 54.3 Å². The van der Waals surface area contributed by atoms with E-state index in [4.69, 9.17) is 10.2 Å². The lowest BCUT2D eigenvalue weighted by molar-refractivity contribution is -0.146. The average Bonchev–Trinajstić information content (AvgIpc) is 2.32. The van der Waals surface area contributed by atoms with Crippen LogP contribution < -0.4 is 10.6 Å². The van der Waals surface area contributed by atoms with Gasteiger partial charge in [0.1, 0.15) is 18.1 Å².